The van der Waals surface area contributed by atoms with Gasteiger partial charge in [0.25, 0.3) is 0 Å². The standard InChI is InChI=1S/C10H17NO4/c12-7-5-9(11-6-7)10(13)15-8-1-3-14-4-2-8/h7-9,11-12H,1-6H2/t7-,9-/m1/s1. The third-order valence-electron chi connectivity index (χ3n) is 2.84. The molecule has 2 aliphatic heterocycles. The largest absolute Gasteiger partial charge is 0.461 e. The predicted octanol–water partition coefficient (Wildman–Crippen LogP) is -0.569. The van der Waals surface area contributed by atoms with Crippen LogP contribution >= 0.6 is 0 Å². The summed E-state index contributed by atoms with van der Waals surface area (Å²) in [6, 6.07) is -0.331. The van der Waals surface area contributed by atoms with Gasteiger partial charge in [0.15, 0.2) is 0 Å². The van der Waals surface area contributed by atoms with E-state index in [0.717, 1.165) is 12.8 Å². The maximum Gasteiger partial charge on any atom is 0.323 e. The third-order valence-corrected chi connectivity index (χ3v) is 2.84. The predicted molar refractivity (Wildman–Crippen MR) is 52.3 cm³/mol. The Bertz CT molecular complexity index is 227. The zero-order valence-corrected chi connectivity index (χ0v) is 8.65. The second-order valence-corrected chi connectivity index (χ2v) is 4.10. The lowest BCUT2D eigenvalue weighted by Gasteiger charge is -2.23. The molecule has 0 aromatic carbocycles. The fourth-order valence-corrected chi connectivity index (χ4v) is 1.94. The summed E-state index contributed by atoms with van der Waals surface area (Å²) in [5.74, 6) is -0.238. The minimum Gasteiger partial charge on any atom is -0.461 e. The quantitative estimate of drug-likeness (QED) is 0.604. The third kappa shape index (κ3) is 2.90. The van der Waals surface area contributed by atoms with E-state index in [9.17, 15) is 9.90 Å². The lowest BCUT2D eigenvalue weighted by molar-refractivity contribution is -0.155. The number of carbonyl (C=O) groups excluding carboxylic acids is 1. The maximum atomic E-state index is 11.6. The molecule has 0 spiro atoms. The van der Waals surface area contributed by atoms with Gasteiger partial charge in [0, 0.05) is 25.8 Å². The Labute approximate surface area is 88.7 Å². The van der Waals surface area contributed by atoms with Crippen LogP contribution in [0.25, 0.3) is 0 Å². The van der Waals surface area contributed by atoms with Crippen molar-refractivity contribution in [2.45, 2.75) is 37.5 Å². The zero-order valence-electron chi connectivity index (χ0n) is 8.65. The van der Waals surface area contributed by atoms with Crippen LogP contribution in [0.3, 0.4) is 0 Å². The summed E-state index contributed by atoms with van der Waals surface area (Å²) in [6.45, 7) is 1.81. The molecule has 15 heavy (non-hydrogen) atoms. The number of carbonyl (C=O) groups is 1. The number of ether oxygens (including phenoxy) is 2. The van der Waals surface area contributed by atoms with Crippen molar-refractivity contribution < 1.29 is 19.4 Å². The van der Waals surface area contributed by atoms with Gasteiger partial charge in [0.2, 0.25) is 0 Å². The average Bonchev–Trinajstić information content (AvgIpc) is 2.66. The molecule has 0 unspecified atom stereocenters. The lowest BCUT2D eigenvalue weighted by Crippen LogP contribution is -2.36. The summed E-state index contributed by atoms with van der Waals surface area (Å²) < 4.78 is 10.5. The van der Waals surface area contributed by atoms with Crippen molar-refractivity contribution >= 4 is 5.97 Å². The highest BCUT2D eigenvalue weighted by Gasteiger charge is 2.31. The van der Waals surface area contributed by atoms with Crippen LogP contribution < -0.4 is 5.32 Å². The summed E-state index contributed by atoms with van der Waals surface area (Å²) in [7, 11) is 0. The number of hydrogen-bond donors (Lipinski definition) is 2. The Balaban J connectivity index is 1.76. The first kappa shape index (κ1) is 10.9. The first-order chi connectivity index (χ1) is 7.25. The normalized spacial score (nSPS) is 32.9. The summed E-state index contributed by atoms with van der Waals surface area (Å²) in [4.78, 5) is 11.6. The summed E-state index contributed by atoms with van der Waals surface area (Å²) >= 11 is 0. The van der Waals surface area contributed by atoms with Gasteiger partial charge in [-0.15, -0.1) is 0 Å². The molecule has 0 aromatic heterocycles. The molecule has 2 rings (SSSR count). The molecular weight excluding hydrogens is 198 g/mol. The highest BCUT2D eigenvalue weighted by atomic mass is 16.6. The second kappa shape index (κ2) is 4.92. The molecule has 86 valence electrons. The van der Waals surface area contributed by atoms with Crippen LogP contribution in [-0.2, 0) is 14.3 Å². The van der Waals surface area contributed by atoms with E-state index in [0.29, 0.717) is 26.2 Å². The topological polar surface area (TPSA) is 67.8 Å². The van der Waals surface area contributed by atoms with Crippen molar-refractivity contribution in [3.8, 4) is 0 Å². The van der Waals surface area contributed by atoms with Gasteiger partial charge in [-0.2, -0.15) is 0 Å². The Morgan fingerprint density at radius 3 is 2.73 bits per heavy atom. The number of nitrogens with one attached hydrogen (secondary N) is 1. The van der Waals surface area contributed by atoms with E-state index in [1.54, 1.807) is 0 Å². The van der Waals surface area contributed by atoms with Gasteiger partial charge >= 0.3 is 5.97 Å². The van der Waals surface area contributed by atoms with E-state index in [1.807, 2.05) is 0 Å². The van der Waals surface area contributed by atoms with Crippen LogP contribution in [0.1, 0.15) is 19.3 Å². The highest BCUT2D eigenvalue weighted by molar-refractivity contribution is 5.76. The van der Waals surface area contributed by atoms with Gasteiger partial charge in [0.1, 0.15) is 12.1 Å². The van der Waals surface area contributed by atoms with E-state index in [-0.39, 0.29) is 18.1 Å². The van der Waals surface area contributed by atoms with Crippen molar-refractivity contribution in [3.05, 3.63) is 0 Å². The molecule has 0 radical (unpaired) electrons. The van der Waals surface area contributed by atoms with E-state index < -0.39 is 6.10 Å². The van der Waals surface area contributed by atoms with E-state index in [2.05, 4.69) is 5.32 Å². The van der Waals surface area contributed by atoms with Crippen LogP contribution in [0, 0.1) is 0 Å². The smallest absolute Gasteiger partial charge is 0.323 e. The van der Waals surface area contributed by atoms with E-state index in [1.165, 1.54) is 0 Å². The number of aliphatic hydroxyl groups excluding tert-OH is 1. The SMILES string of the molecule is O=C(OC1CCOCC1)[C@H]1C[C@@H](O)CN1. The Hall–Kier alpha value is -0.650. The number of β-amino-alcohol motifs (C(OH)–C–C–N with tert-alkyl or cyclic N) is 1. The van der Waals surface area contributed by atoms with Crippen LogP contribution in [0.5, 0.6) is 0 Å². The first-order valence-electron chi connectivity index (χ1n) is 5.45. The van der Waals surface area contributed by atoms with Gasteiger partial charge in [-0.1, -0.05) is 0 Å². The number of esters is 1. The summed E-state index contributed by atoms with van der Waals surface area (Å²) in [5, 5.41) is 12.2. The molecule has 2 aliphatic rings. The minimum absolute atomic E-state index is 0.00853. The number of rotatable bonds is 2. The van der Waals surface area contributed by atoms with Crippen LogP contribution in [-0.4, -0.2) is 49.1 Å². The van der Waals surface area contributed by atoms with Crippen LogP contribution in [0.2, 0.25) is 0 Å². The summed E-state index contributed by atoms with van der Waals surface area (Å²) in [5.41, 5.74) is 0. The van der Waals surface area contributed by atoms with Gasteiger partial charge in [-0.05, 0) is 0 Å². The molecule has 0 aromatic rings. The molecule has 0 bridgehead atoms. The van der Waals surface area contributed by atoms with Crippen molar-refractivity contribution in [1.82, 2.24) is 5.32 Å². The lowest BCUT2D eigenvalue weighted by atomic mass is 10.1. The second-order valence-electron chi connectivity index (χ2n) is 4.10. The molecular formula is C10H17NO4. The van der Waals surface area contributed by atoms with E-state index in [4.69, 9.17) is 9.47 Å². The van der Waals surface area contributed by atoms with Crippen molar-refractivity contribution in [3.63, 3.8) is 0 Å². The van der Waals surface area contributed by atoms with Crippen molar-refractivity contribution in [2.24, 2.45) is 0 Å². The highest BCUT2D eigenvalue weighted by Crippen LogP contribution is 2.14. The molecule has 0 saturated carbocycles. The summed E-state index contributed by atoms with van der Waals surface area (Å²) in [6.07, 6.45) is 1.59. The molecule has 2 saturated heterocycles. The first-order valence-corrected chi connectivity index (χ1v) is 5.45. The van der Waals surface area contributed by atoms with Crippen LogP contribution in [0.4, 0.5) is 0 Å². The fraction of sp³-hybridized carbons (Fsp3) is 0.900. The Morgan fingerprint density at radius 1 is 1.40 bits per heavy atom. The molecule has 5 heteroatoms. The van der Waals surface area contributed by atoms with Gasteiger partial charge in [0.05, 0.1) is 19.3 Å². The van der Waals surface area contributed by atoms with E-state index >= 15 is 0 Å². The van der Waals surface area contributed by atoms with Crippen molar-refractivity contribution in [1.29, 1.82) is 0 Å². The molecule has 2 heterocycles. The molecule has 2 fully saturated rings. The zero-order chi connectivity index (χ0) is 10.7. The van der Waals surface area contributed by atoms with Crippen molar-refractivity contribution in [2.75, 3.05) is 19.8 Å². The Kier molecular flexibility index (Phi) is 3.56. The molecule has 0 aliphatic carbocycles. The molecule has 2 atom stereocenters. The fourth-order valence-electron chi connectivity index (χ4n) is 1.94. The maximum absolute atomic E-state index is 11.6. The number of hydrogen-bond acceptors (Lipinski definition) is 5. The Morgan fingerprint density at radius 2 is 2.13 bits per heavy atom. The molecule has 5 nitrogen and oxygen atoms in total. The monoisotopic (exact) mass is 215 g/mol. The van der Waals surface area contributed by atoms with Gasteiger partial charge in [-0.3, -0.25) is 4.79 Å². The van der Waals surface area contributed by atoms with Gasteiger partial charge in [-0.25, -0.2) is 0 Å². The minimum atomic E-state index is -0.419. The van der Waals surface area contributed by atoms with Crippen LogP contribution in [0.15, 0.2) is 0 Å². The average molecular weight is 215 g/mol. The molecule has 0 amide bonds. The van der Waals surface area contributed by atoms with Gasteiger partial charge < -0.3 is 19.9 Å². The molecule has 2 N–H and O–H groups in total. The number of aliphatic hydroxyl groups is 1.